The van der Waals surface area contributed by atoms with E-state index in [1.165, 1.54) is 0 Å². The molecule has 0 bridgehead atoms. The average Bonchev–Trinajstić information content (AvgIpc) is 2.28. The Kier molecular flexibility index (Phi) is 5.48. The van der Waals surface area contributed by atoms with Crippen molar-refractivity contribution in [3.8, 4) is 0 Å². The minimum absolute atomic E-state index is 0.116. The van der Waals surface area contributed by atoms with E-state index in [1.807, 2.05) is 26.0 Å². The Morgan fingerprint density at radius 3 is 2.59 bits per heavy atom. The molecular weight excluding hydrogens is 369 g/mol. The van der Waals surface area contributed by atoms with Gasteiger partial charge in [0.1, 0.15) is 0 Å². The van der Waals surface area contributed by atoms with Gasteiger partial charge < -0.3 is 5.32 Å². The molecule has 0 radical (unpaired) electrons. The maximum Gasteiger partial charge on any atom is 0.252 e. The van der Waals surface area contributed by atoms with Gasteiger partial charge in [-0.2, -0.15) is 0 Å². The van der Waals surface area contributed by atoms with Crippen molar-refractivity contribution in [2.45, 2.75) is 25.8 Å². The van der Waals surface area contributed by atoms with E-state index < -0.39 is 0 Å². The normalized spacial score (nSPS) is 14.2. The van der Waals surface area contributed by atoms with Gasteiger partial charge in [0, 0.05) is 14.8 Å². The van der Waals surface area contributed by atoms with Gasteiger partial charge in [0.05, 0.1) is 11.1 Å². The molecule has 1 unspecified atom stereocenters. The van der Waals surface area contributed by atoms with Crippen LogP contribution >= 0.6 is 43.5 Å². The second-order valence-corrected chi connectivity index (χ2v) is 6.16. The summed E-state index contributed by atoms with van der Waals surface area (Å²) in [4.78, 5) is 12.1. The van der Waals surface area contributed by atoms with Gasteiger partial charge in [0.2, 0.25) is 0 Å². The van der Waals surface area contributed by atoms with Crippen LogP contribution in [0.1, 0.15) is 30.6 Å². The van der Waals surface area contributed by atoms with Crippen molar-refractivity contribution in [3.63, 3.8) is 0 Å². The highest BCUT2D eigenvalue weighted by atomic mass is 79.9. The van der Waals surface area contributed by atoms with Crippen LogP contribution in [-0.4, -0.2) is 17.3 Å². The molecule has 1 amide bonds. The Bertz CT molecular complexity index is 419. The monoisotopic (exact) mass is 381 g/mol. The predicted molar refractivity (Wildman–Crippen MR) is 78.7 cm³/mol. The molecular formula is C12H14Br2ClNO. The van der Waals surface area contributed by atoms with Gasteiger partial charge in [0.25, 0.3) is 5.91 Å². The van der Waals surface area contributed by atoms with Crippen LogP contribution in [0.5, 0.6) is 0 Å². The molecule has 0 fully saturated rings. The van der Waals surface area contributed by atoms with E-state index in [-0.39, 0.29) is 11.4 Å². The lowest BCUT2D eigenvalue weighted by molar-refractivity contribution is 0.0911. The Labute approximate surface area is 123 Å². The zero-order chi connectivity index (χ0) is 13.1. The predicted octanol–water partition coefficient (Wildman–Crippen LogP) is 4.35. The topological polar surface area (TPSA) is 29.1 Å². The number of nitrogens with one attached hydrogen (secondary N) is 1. The SMILES string of the molecule is CCC(C)(CCl)NC(=O)c1ccc(Br)cc1Br. The lowest BCUT2D eigenvalue weighted by atomic mass is 10.0. The summed E-state index contributed by atoms with van der Waals surface area (Å²) in [7, 11) is 0. The van der Waals surface area contributed by atoms with Crippen molar-refractivity contribution >= 4 is 49.4 Å². The molecule has 0 saturated carbocycles. The van der Waals surface area contributed by atoms with E-state index in [9.17, 15) is 4.79 Å². The maximum atomic E-state index is 12.1. The molecule has 1 atom stereocenters. The van der Waals surface area contributed by atoms with Gasteiger partial charge >= 0.3 is 0 Å². The van der Waals surface area contributed by atoms with Gasteiger partial charge in [-0.1, -0.05) is 22.9 Å². The van der Waals surface area contributed by atoms with Crippen molar-refractivity contribution in [3.05, 3.63) is 32.7 Å². The standard InChI is InChI=1S/C12H14Br2ClNO/c1-3-12(2,7-15)16-11(17)9-5-4-8(13)6-10(9)14/h4-6H,3,7H2,1-2H3,(H,16,17). The molecule has 17 heavy (non-hydrogen) atoms. The average molecular weight is 384 g/mol. The van der Waals surface area contributed by atoms with Crippen LogP contribution < -0.4 is 5.32 Å². The lowest BCUT2D eigenvalue weighted by Gasteiger charge is -2.27. The molecule has 0 heterocycles. The van der Waals surface area contributed by atoms with Crippen LogP contribution in [0.2, 0.25) is 0 Å². The third kappa shape index (κ3) is 3.97. The Morgan fingerprint density at radius 1 is 1.47 bits per heavy atom. The summed E-state index contributed by atoms with van der Waals surface area (Å²) >= 11 is 12.6. The van der Waals surface area contributed by atoms with Crippen LogP contribution in [-0.2, 0) is 0 Å². The van der Waals surface area contributed by atoms with Gasteiger partial charge in [-0.3, -0.25) is 4.79 Å². The van der Waals surface area contributed by atoms with Crippen molar-refractivity contribution < 1.29 is 4.79 Å². The summed E-state index contributed by atoms with van der Waals surface area (Å²) in [5, 5.41) is 2.95. The number of carbonyl (C=O) groups excluding carboxylic acids is 1. The number of amides is 1. The fourth-order valence-electron chi connectivity index (χ4n) is 1.23. The number of alkyl halides is 1. The molecule has 94 valence electrons. The Balaban J connectivity index is 2.90. The van der Waals surface area contributed by atoms with Gasteiger partial charge in [-0.15, -0.1) is 11.6 Å². The number of carbonyl (C=O) groups is 1. The second kappa shape index (κ2) is 6.21. The van der Waals surface area contributed by atoms with Crippen LogP contribution in [0.25, 0.3) is 0 Å². The van der Waals surface area contributed by atoms with E-state index in [0.29, 0.717) is 11.4 Å². The molecule has 5 heteroatoms. The Hall–Kier alpha value is -0.0600. The summed E-state index contributed by atoms with van der Waals surface area (Å²) in [6, 6.07) is 5.45. The van der Waals surface area contributed by atoms with Crippen LogP contribution in [0.4, 0.5) is 0 Å². The van der Waals surface area contributed by atoms with E-state index in [0.717, 1.165) is 15.4 Å². The summed E-state index contributed by atoms with van der Waals surface area (Å²) in [5.74, 6) is 0.276. The first kappa shape index (κ1) is 15.0. The van der Waals surface area contributed by atoms with E-state index in [1.54, 1.807) is 6.07 Å². The molecule has 1 rings (SSSR count). The molecule has 0 spiro atoms. The molecule has 1 aromatic rings. The lowest BCUT2D eigenvalue weighted by Crippen LogP contribution is -2.47. The van der Waals surface area contributed by atoms with E-state index in [2.05, 4.69) is 37.2 Å². The van der Waals surface area contributed by atoms with Crippen molar-refractivity contribution in [2.75, 3.05) is 5.88 Å². The minimum atomic E-state index is -0.370. The molecule has 0 saturated heterocycles. The molecule has 1 aromatic carbocycles. The highest BCUT2D eigenvalue weighted by Gasteiger charge is 2.24. The van der Waals surface area contributed by atoms with Gasteiger partial charge in [-0.05, 0) is 47.5 Å². The largest absolute Gasteiger partial charge is 0.346 e. The van der Waals surface area contributed by atoms with Gasteiger partial charge in [-0.25, -0.2) is 0 Å². The number of rotatable bonds is 4. The third-order valence-corrected chi connectivity index (χ3v) is 4.41. The van der Waals surface area contributed by atoms with Crippen LogP contribution in [0.15, 0.2) is 27.1 Å². The first-order valence-electron chi connectivity index (χ1n) is 5.25. The van der Waals surface area contributed by atoms with Crippen molar-refractivity contribution in [2.24, 2.45) is 0 Å². The summed E-state index contributed by atoms with van der Waals surface area (Å²) in [6.45, 7) is 3.93. The summed E-state index contributed by atoms with van der Waals surface area (Å²) < 4.78 is 1.69. The Morgan fingerprint density at radius 2 is 2.12 bits per heavy atom. The quantitative estimate of drug-likeness (QED) is 0.770. The summed E-state index contributed by atoms with van der Waals surface area (Å²) in [6.07, 6.45) is 0.788. The fourth-order valence-corrected chi connectivity index (χ4v) is 2.71. The van der Waals surface area contributed by atoms with Crippen LogP contribution in [0, 0.1) is 0 Å². The first-order valence-corrected chi connectivity index (χ1v) is 7.37. The van der Waals surface area contributed by atoms with Crippen LogP contribution in [0.3, 0.4) is 0 Å². The maximum absolute atomic E-state index is 12.1. The van der Waals surface area contributed by atoms with Crippen molar-refractivity contribution in [1.82, 2.24) is 5.32 Å². The number of hydrogen-bond acceptors (Lipinski definition) is 1. The number of halogens is 3. The first-order chi connectivity index (χ1) is 7.91. The zero-order valence-electron chi connectivity index (χ0n) is 9.69. The molecule has 2 nitrogen and oxygen atoms in total. The zero-order valence-corrected chi connectivity index (χ0v) is 13.6. The molecule has 0 aromatic heterocycles. The highest BCUT2D eigenvalue weighted by Crippen LogP contribution is 2.23. The number of hydrogen-bond donors (Lipinski definition) is 1. The van der Waals surface area contributed by atoms with Gasteiger partial charge in [0.15, 0.2) is 0 Å². The van der Waals surface area contributed by atoms with E-state index in [4.69, 9.17) is 11.6 Å². The highest BCUT2D eigenvalue weighted by molar-refractivity contribution is 9.11. The molecule has 0 aliphatic heterocycles. The molecule has 0 aliphatic rings. The molecule has 1 N–H and O–H groups in total. The van der Waals surface area contributed by atoms with E-state index >= 15 is 0 Å². The summed E-state index contributed by atoms with van der Waals surface area (Å²) in [5.41, 5.74) is 0.239. The van der Waals surface area contributed by atoms with Crippen molar-refractivity contribution in [1.29, 1.82) is 0 Å². The number of benzene rings is 1. The fraction of sp³-hybridized carbons (Fsp3) is 0.417. The third-order valence-electron chi connectivity index (χ3n) is 2.67. The molecule has 0 aliphatic carbocycles. The second-order valence-electron chi connectivity index (χ2n) is 4.13. The minimum Gasteiger partial charge on any atom is -0.346 e. The smallest absolute Gasteiger partial charge is 0.252 e.